The third-order valence-corrected chi connectivity index (χ3v) is 4.43. The van der Waals surface area contributed by atoms with Crippen molar-refractivity contribution in [1.82, 2.24) is 0 Å². The molecule has 0 amide bonds. The van der Waals surface area contributed by atoms with Gasteiger partial charge in [0.2, 0.25) is 0 Å². The molecule has 0 unspecified atom stereocenters. The lowest BCUT2D eigenvalue weighted by atomic mass is 10.4. The number of hydrogen-bond acceptors (Lipinski definition) is 2. The minimum absolute atomic E-state index is 0.161. The standard InChI is InChI=1S/C14H13FS2/c15-12-5-4-8-14(11-12)17-10-9-16-13-6-2-1-3-7-13/h1-8,11H,9-10H2. The molecule has 0 fully saturated rings. The molecule has 0 saturated carbocycles. The van der Waals surface area contributed by atoms with Crippen LogP contribution in [0.15, 0.2) is 64.4 Å². The zero-order chi connectivity index (χ0) is 11.9. The van der Waals surface area contributed by atoms with Gasteiger partial charge in [-0.25, -0.2) is 4.39 Å². The summed E-state index contributed by atoms with van der Waals surface area (Å²) in [7, 11) is 0. The molecule has 88 valence electrons. The summed E-state index contributed by atoms with van der Waals surface area (Å²) in [5, 5.41) is 0. The smallest absolute Gasteiger partial charge is 0.124 e. The lowest BCUT2D eigenvalue weighted by Gasteiger charge is -2.02. The van der Waals surface area contributed by atoms with E-state index in [4.69, 9.17) is 0 Å². The largest absolute Gasteiger partial charge is 0.207 e. The van der Waals surface area contributed by atoms with E-state index in [0.717, 1.165) is 16.4 Å². The highest BCUT2D eigenvalue weighted by Gasteiger charge is 1.97. The van der Waals surface area contributed by atoms with Crippen molar-refractivity contribution >= 4 is 23.5 Å². The van der Waals surface area contributed by atoms with Gasteiger partial charge in [-0.1, -0.05) is 24.3 Å². The van der Waals surface area contributed by atoms with E-state index in [1.54, 1.807) is 23.9 Å². The Bertz CT molecular complexity index is 457. The SMILES string of the molecule is Fc1cccc(SCCSc2ccccc2)c1. The molecule has 0 atom stereocenters. The van der Waals surface area contributed by atoms with Gasteiger partial charge in [0, 0.05) is 21.3 Å². The molecule has 0 nitrogen and oxygen atoms in total. The van der Waals surface area contributed by atoms with E-state index in [1.165, 1.54) is 11.0 Å². The number of halogens is 1. The molecule has 0 heterocycles. The summed E-state index contributed by atoms with van der Waals surface area (Å²) >= 11 is 3.52. The molecule has 0 radical (unpaired) electrons. The summed E-state index contributed by atoms with van der Waals surface area (Å²) in [6.45, 7) is 0. The van der Waals surface area contributed by atoms with Crippen molar-refractivity contribution < 1.29 is 4.39 Å². The fourth-order valence-electron chi connectivity index (χ4n) is 1.39. The van der Waals surface area contributed by atoms with Gasteiger partial charge in [-0.05, 0) is 30.3 Å². The molecule has 2 aromatic carbocycles. The van der Waals surface area contributed by atoms with Crippen molar-refractivity contribution in [2.24, 2.45) is 0 Å². The molecule has 0 saturated heterocycles. The molecule has 0 N–H and O–H groups in total. The van der Waals surface area contributed by atoms with E-state index in [-0.39, 0.29) is 5.82 Å². The first kappa shape index (κ1) is 12.5. The van der Waals surface area contributed by atoms with Crippen molar-refractivity contribution in [2.75, 3.05) is 11.5 Å². The number of rotatable bonds is 5. The summed E-state index contributed by atoms with van der Waals surface area (Å²) in [6, 6.07) is 17.1. The Morgan fingerprint density at radius 1 is 0.765 bits per heavy atom. The second-order valence-electron chi connectivity index (χ2n) is 3.47. The van der Waals surface area contributed by atoms with Crippen LogP contribution in [0.25, 0.3) is 0 Å². The van der Waals surface area contributed by atoms with Crippen LogP contribution in [0.4, 0.5) is 4.39 Å². The molecule has 0 aliphatic carbocycles. The highest BCUT2D eigenvalue weighted by Crippen LogP contribution is 2.23. The summed E-state index contributed by atoms with van der Waals surface area (Å²) in [6.07, 6.45) is 0. The summed E-state index contributed by atoms with van der Waals surface area (Å²) in [5.41, 5.74) is 0. The van der Waals surface area contributed by atoms with Crippen molar-refractivity contribution in [3.63, 3.8) is 0 Å². The van der Waals surface area contributed by atoms with Gasteiger partial charge in [-0.3, -0.25) is 0 Å². The van der Waals surface area contributed by atoms with Crippen LogP contribution in [-0.2, 0) is 0 Å². The molecular weight excluding hydrogens is 251 g/mol. The van der Waals surface area contributed by atoms with Crippen LogP contribution in [0.5, 0.6) is 0 Å². The average molecular weight is 264 g/mol. The second kappa shape index (κ2) is 6.72. The maximum atomic E-state index is 12.9. The van der Waals surface area contributed by atoms with Gasteiger partial charge in [0.05, 0.1) is 0 Å². The first-order valence-electron chi connectivity index (χ1n) is 5.41. The normalized spacial score (nSPS) is 10.4. The first-order chi connectivity index (χ1) is 8.34. The topological polar surface area (TPSA) is 0 Å². The minimum Gasteiger partial charge on any atom is -0.207 e. The Kier molecular flexibility index (Phi) is 4.95. The van der Waals surface area contributed by atoms with Gasteiger partial charge in [0.15, 0.2) is 0 Å². The molecule has 2 rings (SSSR count). The number of hydrogen-bond donors (Lipinski definition) is 0. The molecule has 0 bridgehead atoms. The summed E-state index contributed by atoms with van der Waals surface area (Å²) in [4.78, 5) is 2.28. The van der Waals surface area contributed by atoms with Gasteiger partial charge >= 0.3 is 0 Å². The monoisotopic (exact) mass is 264 g/mol. The van der Waals surface area contributed by atoms with E-state index < -0.39 is 0 Å². The van der Waals surface area contributed by atoms with Crippen molar-refractivity contribution in [1.29, 1.82) is 0 Å². The van der Waals surface area contributed by atoms with Crippen LogP contribution < -0.4 is 0 Å². The van der Waals surface area contributed by atoms with Gasteiger partial charge in [-0.2, -0.15) is 0 Å². The molecule has 17 heavy (non-hydrogen) atoms. The summed E-state index contributed by atoms with van der Waals surface area (Å²) < 4.78 is 12.9. The molecule has 0 aliphatic rings. The molecule has 0 aromatic heterocycles. The lowest BCUT2D eigenvalue weighted by Crippen LogP contribution is -1.84. The fourth-order valence-corrected chi connectivity index (χ4v) is 3.25. The Morgan fingerprint density at radius 2 is 1.41 bits per heavy atom. The first-order valence-corrected chi connectivity index (χ1v) is 7.38. The van der Waals surface area contributed by atoms with Crippen LogP contribution in [0, 0.1) is 5.82 Å². The third-order valence-electron chi connectivity index (χ3n) is 2.16. The maximum absolute atomic E-state index is 12.9. The van der Waals surface area contributed by atoms with E-state index in [0.29, 0.717) is 0 Å². The van der Waals surface area contributed by atoms with Crippen LogP contribution in [-0.4, -0.2) is 11.5 Å². The van der Waals surface area contributed by atoms with Gasteiger partial charge in [0.1, 0.15) is 5.82 Å². The van der Waals surface area contributed by atoms with E-state index in [2.05, 4.69) is 12.1 Å². The van der Waals surface area contributed by atoms with E-state index >= 15 is 0 Å². The maximum Gasteiger partial charge on any atom is 0.124 e. The van der Waals surface area contributed by atoms with Crippen molar-refractivity contribution in [3.05, 3.63) is 60.4 Å². The molecule has 3 heteroatoms. The van der Waals surface area contributed by atoms with Crippen LogP contribution in [0.3, 0.4) is 0 Å². The van der Waals surface area contributed by atoms with E-state index in [9.17, 15) is 4.39 Å². The Balaban J connectivity index is 1.73. The minimum atomic E-state index is -0.161. The molecule has 0 spiro atoms. The predicted octanol–water partition coefficient (Wildman–Crippen LogP) is 4.71. The zero-order valence-electron chi connectivity index (χ0n) is 9.30. The molecule has 2 aromatic rings. The van der Waals surface area contributed by atoms with Crippen molar-refractivity contribution in [3.8, 4) is 0 Å². The predicted molar refractivity (Wildman–Crippen MR) is 74.3 cm³/mol. The number of thioether (sulfide) groups is 2. The van der Waals surface area contributed by atoms with Crippen LogP contribution in [0.1, 0.15) is 0 Å². The molecule has 0 aliphatic heterocycles. The Hall–Kier alpha value is -0.930. The quantitative estimate of drug-likeness (QED) is 0.566. The second-order valence-corrected chi connectivity index (χ2v) is 5.80. The summed E-state index contributed by atoms with van der Waals surface area (Å²) in [5.74, 6) is 1.86. The zero-order valence-corrected chi connectivity index (χ0v) is 10.9. The van der Waals surface area contributed by atoms with Gasteiger partial charge < -0.3 is 0 Å². The molecular formula is C14H13FS2. The van der Waals surface area contributed by atoms with E-state index in [1.807, 2.05) is 36.0 Å². The van der Waals surface area contributed by atoms with Gasteiger partial charge in [-0.15, -0.1) is 23.5 Å². The van der Waals surface area contributed by atoms with Crippen molar-refractivity contribution in [2.45, 2.75) is 9.79 Å². The van der Waals surface area contributed by atoms with Gasteiger partial charge in [0.25, 0.3) is 0 Å². The van der Waals surface area contributed by atoms with Crippen LogP contribution in [0.2, 0.25) is 0 Å². The Labute approximate surface area is 110 Å². The van der Waals surface area contributed by atoms with Crippen LogP contribution >= 0.6 is 23.5 Å². The highest BCUT2D eigenvalue weighted by molar-refractivity contribution is 8.03. The Morgan fingerprint density at radius 3 is 2.12 bits per heavy atom. The fraction of sp³-hybridized carbons (Fsp3) is 0.143. The third kappa shape index (κ3) is 4.44. The number of benzene rings is 2. The lowest BCUT2D eigenvalue weighted by molar-refractivity contribution is 0.624. The highest BCUT2D eigenvalue weighted by atomic mass is 32.2. The average Bonchev–Trinajstić information content (AvgIpc) is 2.36.